The number of nitro groups is 1. The monoisotopic (exact) mass is 346 g/mol. The summed E-state index contributed by atoms with van der Waals surface area (Å²) < 4.78 is 0.857. The van der Waals surface area contributed by atoms with Crippen LogP contribution in [0.25, 0.3) is 10.6 Å². The van der Waals surface area contributed by atoms with Crippen molar-refractivity contribution >= 4 is 44.6 Å². The van der Waals surface area contributed by atoms with E-state index in [2.05, 4.69) is 20.9 Å². The molecule has 1 aromatic heterocycles. The zero-order chi connectivity index (χ0) is 13.3. The van der Waals surface area contributed by atoms with E-state index in [0.29, 0.717) is 11.4 Å². The molecule has 0 amide bonds. The lowest BCUT2D eigenvalue weighted by molar-refractivity contribution is -0.385. The van der Waals surface area contributed by atoms with E-state index in [4.69, 9.17) is 11.6 Å². The number of benzene rings is 1. The van der Waals surface area contributed by atoms with E-state index in [0.717, 1.165) is 20.1 Å². The average molecular weight is 348 g/mol. The van der Waals surface area contributed by atoms with Crippen molar-refractivity contribution in [2.24, 2.45) is 0 Å². The topological polar surface area (TPSA) is 56.0 Å². The molecule has 0 atom stereocenters. The first-order valence-corrected chi connectivity index (χ1v) is 7.14. The molecule has 0 aliphatic heterocycles. The van der Waals surface area contributed by atoms with E-state index in [1.807, 2.05) is 6.07 Å². The summed E-state index contributed by atoms with van der Waals surface area (Å²) in [4.78, 5) is 14.9. The molecule has 0 N–H and O–H groups in total. The molecule has 2 rings (SSSR count). The van der Waals surface area contributed by atoms with Crippen LogP contribution in [0.3, 0.4) is 0 Å². The Hall–Kier alpha value is -0.980. The predicted octanol–water partition coefficient (Wildman–Crippen LogP) is 4.53. The summed E-state index contributed by atoms with van der Waals surface area (Å²) in [7, 11) is 0. The summed E-state index contributed by atoms with van der Waals surface area (Å²) in [5.74, 6) is 0.311. The minimum atomic E-state index is -0.385. The normalized spacial score (nSPS) is 10.6. The van der Waals surface area contributed by atoms with Crippen LogP contribution in [0.1, 0.15) is 11.3 Å². The number of hydrogen-bond acceptors (Lipinski definition) is 4. The van der Waals surface area contributed by atoms with Crippen molar-refractivity contribution in [3.63, 3.8) is 0 Å². The Morgan fingerprint density at radius 1 is 1.56 bits per heavy atom. The molecule has 0 bridgehead atoms. The van der Waals surface area contributed by atoms with Gasteiger partial charge in [0.25, 0.3) is 5.69 Å². The Kier molecular flexibility index (Phi) is 3.99. The van der Waals surface area contributed by atoms with E-state index >= 15 is 0 Å². The molecule has 0 spiro atoms. The predicted molar refractivity (Wildman–Crippen MR) is 76.2 cm³/mol. The molecule has 1 aromatic carbocycles. The van der Waals surface area contributed by atoms with Gasteiger partial charge in [-0.2, -0.15) is 0 Å². The van der Waals surface area contributed by atoms with Gasteiger partial charge in [0.15, 0.2) is 0 Å². The fraction of sp³-hybridized carbons (Fsp3) is 0.182. The molecule has 0 aliphatic carbocycles. The van der Waals surface area contributed by atoms with Crippen molar-refractivity contribution in [1.82, 2.24) is 4.98 Å². The highest BCUT2D eigenvalue weighted by atomic mass is 79.9. The van der Waals surface area contributed by atoms with Crippen molar-refractivity contribution in [2.45, 2.75) is 12.8 Å². The lowest BCUT2D eigenvalue weighted by Crippen LogP contribution is -1.92. The number of nitrogens with zero attached hydrogens (tertiary/aromatic N) is 2. The molecule has 0 fully saturated rings. The minimum absolute atomic E-state index is 0.103. The number of nitro benzene ring substituents is 1. The molecular weight excluding hydrogens is 340 g/mol. The maximum absolute atomic E-state index is 10.9. The van der Waals surface area contributed by atoms with Gasteiger partial charge in [-0.05, 0) is 22.9 Å². The highest BCUT2D eigenvalue weighted by Crippen LogP contribution is 2.34. The third kappa shape index (κ3) is 2.55. The van der Waals surface area contributed by atoms with E-state index in [1.54, 1.807) is 19.1 Å². The van der Waals surface area contributed by atoms with Crippen LogP contribution in [-0.2, 0) is 5.88 Å². The second-order valence-corrected chi connectivity index (χ2v) is 6.22. The Morgan fingerprint density at radius 3 is 2.83 bits per heavy atom. The molecule has 0 unspecified atom stereocenters. The molecule has 1 heterocycles. The van der Waals surface area contributed by atoms with Crippen molar-refractivity contribution in [2.75, 3.05) is 0 Å². The maximum Gasteiger partial charge on any atom is 0.273 e. The van der Waals surface area contributed by atoms with Crippen LogP contribution >= 0.6 is 38.9 Å². The molecule has 18 heavy (non-hydrogen) atoms. The summed E-state index contributed by atoms with van der Waals surface area (Å²) in [6.07, 6.45) is 0. The van der Waals surface area contributed by atoms with Gasteiger partial charge in [-0.25, -0.2) is 4.98 Å². The average Bonchev–Trinajstić information content (AvgIpc) is 2.70. The van der Waals surface area contributed by atoms with Gasteiger partial charge in [-0.3, -0.25) is 10.1 Å². The zero-order valence-electron chi connectivity index (χ0n) is 9.31. The van der Waals surface area contributed by atoms with E-state index in [9.17, 15) is 10.1 Å². The molecule has 0 radical (unpaired) electrons. The van der Waals surface area contributed by atoms with Gasteiger partial charge in [0.2, 0.25) is 0 Å². The smallest absolute Gasteiger partial charge is 0.258 e. The van der Waals surface area contributed by atoms with E-state index in [1.165, 1.54) is 11.3 Å². The number of aryl methyl sites for hydroxylation is 1. The lowest BCUT2D eigenvalue weighted by Gasteiger charge is -1.99. The first-order chi connectivity index (χ1) is 8.52. The van der Waals surface area contributed by atoms with E-state index < -0.39 is 0 Å². The maximum atomic E-state index is 10.9. The second kappa shape index (κ2) is 5.34. The summed E-state index contributed by atoms with van der Waals surface area (Å²) in [6, 6.07) is 5.09. The lowest BCUT2D eigenvalue weighted by atomic mass is 10.1. The van der Waals surface area contributed by atoms with Crippen LogP contribution in [0, 0.1) is 17.0 Å². The fourth-order valence-corrected chi connectivity index (χ4v) is 3.41. The Labute approximate surface area is 121 Å². The summed E-state index contributed by atoms with van der Waals surface area (Å²) in [5.41, 5.74) is 2.22. The van der Waals surface area contributed by atoms with E-state index in [-0.39, 0.29) is 10.6 Å². The number of thiazole rings is 1. The van der Waals surface area contributed by atoms with Crippen LogP contribution in [0.5, 0.6) is 0 Å². The Bertz CT molecular complexity index is 615. The van der Waals surface area contributed by atoms with Gasteiger partial charge in [0, 0.05) is 17.2 Å². The molecule has 94 valence electrons. The van der Waals surface area contributed by atoms with Crippen LogP contribution in [0.15, 0.2) is 22.0 Å². The highest BCUT2D eigenvalue weighted by Gasteiger charge is 2.15. The minimum Gasteiger partial charge on any atom is -0.258 e. The van der Waals surface area contributed by atoms with Gasteiger partial charge in [0.1, 0.15) is 5.01 Å². The SMILES string of the molecule is Cc1ccc(-c2nc(CCl)c(Br)s2)cc1[N+](=O)[O-]. The number of aromatic nitrogens is 1. The Morgan fingerprint density at radius 2 is 2.28 bits per heavy atom. The summed E-state index contributed by atoms with van der Waals surface area (Å²) >= 11 is 10.5. The first-order valence-electron chi connectivity index (χ1n) is 4.99. The third-order valence-corrected chi connectivity index (χ3v) is 4.56. The fourth-order valence-electron chi connectivity index (χ4n) is 1.48. The van der Waals surface area contributed by atoms with Crippen LogP contribution < -0.4 is 0 Å². The Balaban J connectivity index is 2.50. The number of alkyl halides is 1. The molecule has 7 heteroatoms. The van der Waals surface area contributed by atoms with Crippen LogP contribution in [0.4, 0.5) is 5.69 Å². The standard InChI is InChI=1S/C11H8BrClN2O2S/c1-6-2-3-7(4-9(6)15(16)17)11-14-8(5-13)10(12)18-11/h2-4H,5H2,1H3. The number of halogens is 2. The van der Waals surface area contributed by atoms with Gasteiger partial charge < -0.3 is 0 Å². The third-order valence-electron chi connectivity index (χ3n) is 2.43. The van der Waals surface area contributed by atoms with Crippen molar-refractivity contribution < 1.29 is 4.92 Å². The largest absolute Gasteiger partial charge is 0.273 e. The van der Waals surface area contributed by atoms with Gasteiger partial charge in [-0.1, -0.05) is 12.1 Å². The van der Waals surface area contributed by atoms with Crippen LogP contribution in [-0.4, -0.2) is 9.91 Å². The quantitative estimate of drug-likeness (QED) is 0.466. The molecule has 2 aromatic rings. The molecule has 0 aliphatic rings. The number of rotatable bonds is 3. The molecule has 0 saturated carbocycles. The number of hydrogen-bond donors (Lipinski definition) is 0. The van der Waals surface area contributed by atoms with Gasteiger partial charge in [0.05, 0.1) is 20.3 Å². The van der Waals surface area contributed by atoms with Crippen molar-refractivity contribution in [3.05, 3.63) is 43.4 Å². The molecule has 0 saturated heterocycles. The van der Waals surface area contributed by atoms with Gasteiger partial charge in [-0.15, -0.1) is 22.9 Å². The first kappa shape index (κ1) is 13.5. The van der Waals surface area contributed by atoms with Gasteiger partial charge >= 0.3 is 0 Å². The second-order valence-electron chi connectivity index (χ2n) is 3.63. The molecular formula is C11H8BrClN2O2S. The molecule has 4 nitrogen and oxygen atoms in total. The van der Waals surface area contributed by atoms with Crippen molar-refractivity contribution in [1.29, 1.82) is 0 Å². The highest BCUT2D eigenvalue weighted by molar-refractivity contribution is 9.11. The summed E-state index contributed by atoms with van der Waals surface area (Å²) in [5, 5.41) is 11.6. The van der Waals surface area contributed by atoms with Crippen LogP contribution in [0.2, 0.25) is 0 Å². The van der Waals surface area contributed by atoms with Crippen molar-refractivity contribution in [3.8, 4) is 10.6 Å². The summed E-state index contributed by atoms with van der Waals surface area (Å²) in [6.45, 7) is 1.71. The zero-order valence-corrected chi connectivity index (χ0v) is 12.5.